The summed E-state index contributed by atoms with van der Waals surface area (Å²) in [6.45, 7) is 0.317. The maximum Gasteiger partial charge on any atom is 0.326 e. The number of carboxylic acids is 1. The maximum atomic E-state index is 11.3. The summed E-state index contributed by atoms with van der Waals surface area (Å²) < 4.78 is 5.16. The Kier molecular flexibility index (Phi) is 4.05. The van der Waals surface area contributed by atoms with Crippen LogP contribution in [0.25, 0.3) is 0 Å². The molecule has 1 aromatic rings. The average molecular weight is 302 g/mol. The van der Waals surface area contributed by atoms with Gasteiger partial charge in [0, 0.05) is 26.1 Å². The van der Waals surface area contributed by atoms with E-state index in [9.17, 15) is 20.0 Å². The van der Waals surface area contributed by atoms with Crippen LogP contribution in [0.1, 0.15) is 6.42 Å². The molecule has 0 amide bonds. The Balaban J connectivity index is 2.34. The fourth-order valence-corrected chi connectivity index (χ4v) is 2.44. The Hall–Kier alpha value is -1.93. The monoisotopic (exact) mass is 301 g/mol. The lowest BCUT2D eigenvalue weighted by atomic mass is 10.2. The number of aliphatic carboxylic acids is 1. The lowest BCUT2D eigenvalue weighted by Crippen LogP contribution is -2.36. The van der Waals surface area contributed by atoms with Gasteiger partial charge in [-0.2, -0.15) is 0 Å². The zero-order valence-corrected chi connectivity index (χ0v) is 11.3. The van der Waals surface area contributed by atoms with Crippen LogP contribution in [0.3, 0.4) is 0 Å². The number of pyridine rings is 1. The minimum absolute atomic E-state index is 0.0437. The Morgan fingerprint density at radius 3 is 2.90 bits per heavy atom. The lowest BCUT2D eigenvalue weighted by Gasteiger charge is -2.22. The summed E-state index contributed by atoms with van der Waals surface area (Å²) in [6.07, 6.45) is 1.12. The number of nitrogens with zero attached hydrogens (tertiary/aromatic N) is 3. The van der Waals surface area contributed by atoms with Gasteiger partial charge < -0.3 is 14.7 Å². The van der Waals surface area contributed by atoms with Crippen LogP contribution in [0.2, 0.25) is 5.02 Å². The summed E-state index contributed by atoms with van der Waals surface area (Å²) in [5.41, 5.74) is -0.242. The van der Waals surface area contributed by atoms with Crippen LogP contribution < -0.4 is 4.90 Å². The van der Waals surface area contributed by atoms with Gasteiger partial charge in [0.2, 0.25) is 0 Å². The van der Waals surface area contributed by atoms with Crippen molar-refractivity contribution in [3.63, 3.8) is 0 Å². The first-order chi connectivity index (χ1) is 9.43. The van der Waals surface area contributed by atoms with Crippen LogP contribution in [0.15, 0.2) is 12.3 Å². The molecule has 0 spiro atoms. The van der Waals surface area contributed by atoms with E-state index in [0.717, 1.165) is 12.3 Å². The van der Waals surface area contributed by atoms with Crippen molar-refractivity contribution in [2.75, 3.05) is 18.6 Å². The highest BCUT2D eigenvalue weighted by Gasteiger charge is 2.38. The number of rotatable bonds is 4. The minimum atomic E-state index is -1.01. The number of halogens is 1. The topological polar surface area (TPSA) is 106 Å². The molecule has 0 bridgehead atoms. The summed E-state index contributed by atoms with van der Waals surface area (Å²) >= 11 is 5.97. The number of carbonyl (C=O) groups is 1. The van der Waals surface area contributed by atoms with Crippen LogP contribution in [0.5, 0.6) is 0 Å². The third-order valence-electron chi connectivity index (χ3n) is 3.17. The smallest absolute Gasteiger partial charge is 0.326 e. The van der Waals surface area contributed by atoms with Gasteiger partial charge in [-0.1, -0.05) is 11.6 Å². The molecule has 8 nitrogen and oxygen atoms in total. The van der Waals surface area contributed by atoms with Gasteiger partial charge in [-0.15, -0.1) is 0 Å². The Labute approximate surface area is 119 Å². The Bertz CT molecular complexity index is 553. The maximum absolute atomic E-state index is 11.3. The van der Waals surface area contributed by atoms with Gasteiger partial charge in [0.15, 0.2) is 0 Å². The summed E-state index contributed by atoms with van der Waals surface area (Å²) in [6, 6.07) is 0.342. The van der Waals surface area contributed by atoms with Gasteiger partial charge >= 0.3 is 5.97 Å². The number of anilines is 1. The molecular formula is C11H12ClN3O5. The summed E-state index contributed by atoms with van der Waals surface area (Å²) in [4.78, 5) is 26.7. The second kappa shape index (κ2) is 5.59. The van der Waals surface area contributed by atoms with E-state index in [2.05, 4.69) is 4.98 Å². The van der Waals surface area contributed by atoms with Crippen molar-refractivity contribution in [2.24, 2.45) is 0 Å². The van der Waals surface area contributed by atoms with E-state index in [1.165, 1.54) is 12.0 Å². The molecule has 1 saturated heterocycles. The van der Waals surface area contributed by atoms with Crippen molar-refractivity contribution < 1.29 is 19.6 Å². The van der Waals surface area contributed by atoms with Crippen molar-refractivity contribution in [2.45, 2.75) is 18.6 Å². The molecule has 1 aromatic heterocycles. The third-order valence-corrected chi connectivity index (χ3v) is 3.45. The van der Waals surface area contributed by atoms with Crippen LogP contribution in [-0.4, -0.2) is 46.8 Å². The van der Waals surface area contributed by atoms with E-state index in [-0.39, 0.29) is 22.6 Å². The number of ether oxygens (including phenoxy) is 1. The Morgan fingerprint density at radius 2 is 2.40 bits per heavy atom. The number of methoxy groups -OCH3 is 1. The molecule has 2 atom stereocenters. The molecule has 9 heteroatoms. The van der Waals surface area contributed by atoms with Gasteiger partial charge in [-0.05, 0) is 0 Å². The Morgan fingerprint density at radius 1 is 1.70 bits per heavy atom. The van der Waals surface area contributed by atoms with Crippen molar-refractivity contribution in [1.82, 2.24) is 4.98 Å². The average Bonchev–Trinajstić information content (AvgIpc) is 2.82. The largest absolute Gasteiger partial charge is 0.480 e. The summed E-state index contributed by atoms with van der Waals surface area (Å²) in [5, 5.41) is 19.9. The highest BCUT2D eigenvalue weighted by Crippen LogP contribution is 2.32. The highest BCUT2D eigenvalue weighted by atomic mass is 35.5. The number of hydrogen-bond acceptors (Lipinski definition) is 6. The summed E-state index contributed by atoms with van der Waals surface area (Å²) in [7, 11) is 1.50. The molecule has 1 aliphatic rings. The van der Waals surface area contributed by atoms with E-state index in [4.69, 9.17) is 16.3 Å². The van der Waals surface area contributed by atoms with Crippen LogP contribution >= 0.6 is 11.6 Å². The molecule has 2 heterocycles. The van der Waals surface area contributed by atoms with Gasteiger partial charge in [0.1, 0.15) is 18.1 Å². The minimum Gasteiger partial charge on any atom is -0.480 e. The standard InChI is InChI=1S/C11H12ClN3O5/c1-20-7-3-9(11(16)17)14(5-7)10-8(12)2-6(4-13-10)15(18)19/h2,4,7,9H,3,5H2,1H3,(H,16,17). The van der Waals surface area contributed by atoms with Gasteiger partial charge in [0.25, 0.3) is 5.69 Å². The molecule has 0 aromatic carbocycles. The zero-order valence-electron chi connectivity index (χ0n) is 10.5. The van der Waals surface area contributed by atoms with E-state index in [1.807, 2.05) is 0 Å². The van der Waals surface area contributed by atoms with Crippen molar-refractivity contribution in [1.29, 1.82) is 0 Å². The highest BCUT2D eigenvalue weighted by molar-refractivity contribution is 6.33. The molecule has 0 radical (unpaired) electrons. The van der Waals surface area contributed by atoms with Crippen molar-refractivity contribution >= 4 is 29.1 Å². The fourth-order valence-electron chi connectivity index (χ4n) is 2.17. The van der Waals surface area contributed by atoms with Gasteiger partial charge in [-0.3, -0.25) is 10.1 Å². The van der Waals surface area contributed by atoms with Crippen molar-refractivity contribution in [3.8, 4) is 0 Å². The predicted octanol–water partition coefficient (Wildman–Crippen LogP) is 1.32. The molecule has 1 fully saturated rings. The second-order valence-corrected chi connectivity index (χ2v) is 4.76. The molecule has 0 aliphatic carbocycles. The fraction of sp³-hybridized carbons (Fsp3) is 0.455. The van der Waals surface area contributed by atoms with Crippen molar-refractivity contribution in [3.05, 3.63) is 27.4 Å². The zero-order chi connectivity index (χ0) is 14.9. The van der Waals surface area contributed by atoms with E-state index < -0.39 is 16.9 Å². The first-order valence-corrected chi connectivity index (χ1v) is 6.14. The lowest BCUT2D eigenvalue weighted by molar-refractivity contribution is -0.385. The molecular weight excluding hydrogens is 290 g/mol. The van der Waals surface area contributed by atoms with Gasteiger partial charge in [-0.25, -0.2) is 9.78 Å². The molecule has 1 N–H and O–H groups in total. The number of carboxylic acid groups (broad SMARTS) is 1. The van der Waals surface area contributed by atoms with Gasteiger partial charge in [0.05, 0.1) is 16.0 Å². The molecule has 2 unspecified atom stereocenters. The SMILES string of the molecule is COC1CC(C(=O)O)N(c2ncc([N+](=O)[O-])cc2Cl)C1. The van der Waals surface area contributed by atoms with Crippen LogP contribution in [-0.2, 0) is 9.53 Å². The van der Waals surface area contributed by atoms with E-state index >= 15 is 0 Å². The molecule has 2 rings (SSSR count). The van der Waals surface area contributed by atoms with Crippen LogP contribution in [0, 0.1) is 10.1 Å². The first-order valence-electron chi connectivity index (χ1n) is 5.76. The quantitative estimate of drug-likeness (QED) is 0.660. The molecule has 1 aliphatic heterocycles. The molecule has 20 heavy (non-hydrogen) atoms. The third kappa shape index (κ3) is 2.66. The summed E-state index contributed by atoms with van der Waals surface area (Å²) in [5.74, 6) is -0.801. The predicted molar refractivity (Wildman–Crippen MR) is 70.1 cm³/mol. The second-order valence-electron chi connectivity index (χ2n) is 4.36. The number of aromatic nitrogens is 1. The van der Waals surface area contributed by atoms with Crippen LogP contribution in [0.4, 0.5) is 11.5 Å². The number of nitro groups is 1. The van der Waals surface area contributed by atoms with E-state index in [1.54, 1.807) is 0 Å². The normalized spacial score (nSPS) is 22.0. The molecule has 0 saturated carbocycles. The first kappa shape index (κ1) is 14.5. The van der Waals surface area contributed by atoms with E-state index in [0.29, 0.717) is 13.0 Å². The molecule has 108 valence electrons. The number of hydrogen-bond donors (Lipinski definition) is 1.